The van der Waals surface area contributed by atoms with Crippen LogP contribution in [0.3, 0.4) is 0 Å². The maximum Gasteiger partial charge on any atom is 0.102 e. The summed E-state index contributed by atoms with van der Waals surface area (Å²) in [5, 5.41) is 4.63. The highest BCUT2D eigenvalue weighted by atomic mass is 19.1. The summed E-state index contributed by atoms with van der Waals surface area (Å²) in [6.45, 7) is 9.56. The molecule has 2 rings (SSSR count). The van der Waals surface area contributed by atoms with Crippen LogP contribution in [0.5, 0.6) is 0 Å². The average Bonchev–Trinajstić information content (AvgIpc) is 2.67. The largest absolute Gasteiger partial charge is 0.298 e. The van der Waals surface area contributed by atoms with Gasteiger partial charge in [0.1, 0.15) is 6.67 Å². The van der Waals surface area contributed by atoms with Crippen LogP contribution in [0.25, 0.3) is 0 Å². The Balaban J connectivity index is 1.92. The second-order valence-electron chi connectivity index (χ2n) is 5.30. The van der Waals surface area contributed by atoms with E-state index < -0.39 is 0 Å². The zero-order valence-corrected chi connectivity index (χ0v) is 12.3. The summed E-state index contributed by atoms with van der Waals surface area (Å²) in [5.41, 5.74) is 3.85. The van der Waals surface area contributed by atoms with Crippen molar-refractivity contribution in [3.05, 3.63) is 17.0 Å². The Morgan fingerprint density at radius 2 is 1.79 bits per heavy atom. The van der Waals surface area contributed by atoms with Gasteiger partial charge in [-0.25, -0.2) is 4.39 Å². The van der Waals surface area contributed by atoms with Crippen LogP contribution in [0.2, 0.25) is 0 Å². The highest BCUT2D eigenvalue weighted by Crippen LogP contribution is 2.16. The lowest BCUT2D eigenvalue weighted by Crippen LogP contribution is -2.46. The maximum absolute atomic E-state index is 12.3. The van der Waals surface area contributed by atoms with Crippen molar-refractivity contribution >= 4 is 0 Å². The van der Waals surface area contributed by atoms with Gasteiger partial charge in [0.05, 0.1) is 5.69 Å². The summed E-state index contributed by atoms with van der Waals surface area (Å²) < 4.78 is 14.3. The molecule has 0 unspecified atom stereocenters. The smallest absolute Gasteiger partial charge is 0.102 e. The van der Waals surface area contributed by atoms with E-state index in [-0.39, 0.29) is 6.67 Å². The Labute approximate surface area is 115 Å². The summed E-state index contributed by atoms with van der Waals surface area (Å²) in [7, 11) is 2.02. The Bertz CT molecular complexity index is 408. The summed E-state index contributed by atoms with van der Waals surface area (Å²) in [4.78, 5) is 4.61. The van der Waals surface area contributed by atoms with Crippen LogP contribution in [-0.2, 0) is 20.0 Å². The van der Waals surface area contributed by atoms with Gasteiger partial charge in [-0.2, -0.15) is 5.10 Å². The van der Waals surface area contributed by atoms with E-state index in [0.29, 0.717) is 6.54 Å². The number of alkyl halides is 1. The van der Waals surface area contributed by atoms with Gasteiger partial charge in [0.25, 0.3) is 0 Å². The molecule has 1 aliphatic heterocycles. The van der Waals surface area contributed by atoms with E-state index in [9.17, 15) is 4.39 Å². The summed E-state index contributed by atoms with van der Waals surface area (Å²) in [6, 6.07) is 0. The third kappa shape index (κ3) is 3.34. The fraction of sp³-hybridized carbons (Fsp3) is 0.786. The Morgan fingerprint density at radius 3 is 2.32 bits per heavy atom. The molecule has 1 aromatic rings. The molecule has 0 spiro atoms. The van der Waals surface area contributed by atoms with Crippen LogP contribution in [0, 0.1) is 6.92 Å². The average molecular weight is 268 g/mol. The predicted molar refractivity (Wildman–Crippen MR) is 75.0 cm³/mol. The van der Waals surface area contributed by atoms with Crippen molar-refractivity contribution in [2.45, 2.75) is 26.8 Å². The molecule has 0 atom stereocenters. The number of hydrogen-bond acceptors (Lipinski definition) is 3. The van der Waals surface area contributed by atoms with Crippen molar-refractivity contribution in [2.75, 3.05) is 39.4 Å². The molecular weight excluding hydrogens is 243 g/mol. The van der Waals surface area contributed by atoms with E-state index in [0.717, 1.165) is 39.1 Å². The fourth-order valence-electron chi connectivity index (χ4n) is 2.87. The lowest BCUT2D eigenvalue weighted by Gasteiger charge is -2.33. The number of halogens is 1. The fourth-order valence-corrected chi connectivity index (χ4v) is 2.87. The predicted octanol–water partition coefficient (Wildman–Crippen LogP) is 1.38. The molecular formula is C14H25FN4. The van der Waals surface area contributed by atoms with Crippen LogP contribution >= 0.6 is 0 Å². The van der Waals surface area contributed by atoms with Crippen molar-refractivity contribution in [3.8, 4) is 0 Å². The molecule has 0 aliphatic carbocycles. The first kappa shape index (κ1) is 14.5. The second-order valence-corrected chi connectivity index (χ2v) is 5.30. The van der Waals surface area contributed by atoms with Gasteiger partial charge in [0.2, 0.25) is 0 Å². The highest BCUT2D eigenvalue weighted by molar-refractivity contribution is 5.24. The molecule has 2 heterocycles. The minimum atomic E-state index is -0.237. The molecule has 1 aromatic heterocycles. The molecule has 0 amide bonds. The third-order valence-corrected chi connectivity index (χ3v) is 4.10. The summed E-state index contributed by atoms with van der Waals surface area (Å²) in [6.07, 6.45) is 1.03. The second kappa shape index (κ2) is 6.48. The van der Waals surface area contributed by atoms with Gasteiger partial charge in [-0.05, 0) is 18.9 Å². The zero-order chi connectivity index (χ0) is 13.8. The van der Waals surface area contributed by atoms with Crippen LogP contribution in [0.1, 0.15) is 23.9 Å². The Kier molecular flexibility index (Phi) is 4.93. The van der Waals surface area contributed by atoms with E-state index in [1.807, 2.05) is 11.7 Å². The molecule has 4 nitrogen and oxygen atoms in total. The molecule has 1 fully saturated rings. The van der Waals surface area contributed by atoms with Crippen LogP contribution in [-0.4, -0.2) is 59.0 Å². The molecule has 108 valence electrons. The van der Waals surface area contributed by atoms with Crippen LogP contribution in [0.15, 0.2) is 0 Å². The molecule has 1 saturated heterocycles. The Morgan fingerprint density at radius 1 is 1.16 bits per heavy atom. The van der Waals surface area contributed by atoms with Crippen LogP contribution in [0.4, 0.5) is 4.39 Å². The van der Waals surface area contributed by atoms with Gasteiger partial charge in [-0.15, -0.1) is 0 Å². The van der Waals surface area contributed by atoms with Crippen molar-refractivity contribution < 1.29 is 4.39 Å². The normalized spacial score (nSPS) is 18.1. The summed E-state index contributed by atoms with van der Waals surface area (Å²) in [5.74, 6) is 0. The van der Waals surface area contributed by atoms with Gasteiger partial charge < -0.3 is 0 Å². The quantitative estimate of drug-likeness (QED) is 0.806. The van der Waals surface area contributed by atoms with Crippen molar-refractivity contribution in [3.63, 3.8) is 0 Å². The van der Waals surface area contributed by atoms with Gasteiger partial charge in [-0.1, -0.05) is 6.92 Å². The number of hydrogen-bond donors (Lipinski definition) is 0. The molecule has 19 heavy (non-hydrogen) atoms. The minimum Gasteiger partial charge on any atom is -0.298 e. The van der Waals surface area contributed by atoms with Gasteiger partial charge in [-0.3, -0.25) is 14.5 Å². The number of aromatic nitrogens is 2. The monoisotopic (exact) mass is 268 g/mol. The number of nitrogens with zero attached hydrogens (tertiary/aromatic N) is 4. The van der Waals surface area contributed by atoms with Crippen molar-refractivity contribution in [2.24, 2.45) is 7.05 Å². The standard InChI is InChI=1S/C14H25FN4/c1-4-14-12(2)13(16-17(14)3)11-19-9-7-18(6-5-15)8-10-19/h4-11H2,1-3H3. The number of piperazine rings is 1. The molecule has 1 aliphatic rings. The Hall–Kier alpha value is -0.940. The zero-order valence-electron chi connectivity index (χ0n) is 12.3. The first-order valence-corrected chi connectivity index (χ1v) is 7.17. The maximum atomic E-state index is 12.3. The topological polar surface area (TPSA) is 24.3 Å². The number of rotatable bonds is 5. The van der Waals surface area contributed by atoms with Crippen molar-refractivity contribution in [1.82, 2.24) is 19.6 Å². The highest BCUT2D eigenvalue weighted by Gasteiger charge is 2.19. The SMILES string of the molecule is CCc1c(C)c(CN2CCN(CCF)CC2)nn1C. The van der Waals surface area contributed by atoms with Gasteiger partial charge in [0, 0.05) is 52.0 Å². The first-order chi connectivity index (χ1) is 9.15. The molecule has 0 N–H and O–H groups in total. The van der Waals surface area contributed by atoms with E-state index in [4.69, 9.17) is 0 Å². The lowest BCUT2D eigenvalue weighted by atomic mass is 10.1. The van der Waals surface area contributed by atoms with E-state index in [1.165, 1.54) is 17.0 Å². The molecule has 0 saturated carbocycles. The molecule has 0 radical (unpaired) electrons. The van der Waals surface area contributed by atoms with E-state index in [1.54, 1.807) is 0 Å². The van der Waals surface area contributed by atoms with E-state index >= 15 is 0 Å². The lowest BCUT2D eigenvalue weighted by molar-refractivity contribution is 0.120. The van der Waals surface area contributed by atoms with Crippen molar-refractivity contribution in [1.29, 1.82) is 0 Å². The van der Waals surface area contributed by atoms with Crippen LogP contribution < -0.4 is 0 Å². The summed E-state index contributed by atoms with van der Waals surface area (Å²) >= 11 is 0. The number of aryl methyl sites for hydroxylation is 1. The van der Waals surface area contributed by atoms with E-state index in [2.05, 4.69) is 28.7 Å². The first-order valence-electron chi connectivity index (χ1n) is 7.17. The van der Waals surface area contributed by atoms with Gasteiger partial charge in [0.15, 0.2) is 0 Å². The third-order valence-electron chi connectivity index (χ3n) is 4.10. The van der Waals surface area contributed by atoms with Gasteiger partial charge >= 0.3 is 0 Å². The molecule has 0 bridgehead atoms. The molecule has 0 aromatic carbocycles. The minimum absolute atomic E-state index is 0.237. The molecule has 5 heteroatoms.